The van der Waals surface area contributed by atoms with E-state index in [0.717, 1.165) is 44.2 Å². The average Bonchev–Trinajstić information content (AvgIpc) is 3.04. The monoisotopic (exact) mass is 309 g/mol. The zero-order chi connectivity index (χ0) is 14.5. The van der Waals surface area contributed by atoms with Crippen molar-refractivity contribution in [2.75, 3.05) is 13.2 Å². The molecule has 3 atom stereocenters. The molecule has 2 aliphatic carbocycles. The fraction of sp³-hybridized carbons (Fsp3) is 0.875. The molecule has 0 bridgehead atoms. The van der Waals surface area contributed by atoms with E-state index in [2.05, 4.69) is 15.8 Å². The van der Waals surface area contributed by atoms with Gasteiger partial charge in [0.15, 0.2) is 5.11 Å². The molecule has 0 unspecified atom stereocenters. The molecule has 0 spiro atoms. The molecule has 1 heterocycles. The molecule has 3 aliphatic rings. The van der Waals surface area contributed by atoms with Gasteiger partial charge in [-0.05, 0) is 62.6 Å². The van der Waals surface area contributed by atoms with Crippen LogP contribution in [0.2, 0.25) is 0 Å². The first-order valence-corrected chi connectivity index (χ1v) is 8.93. The van der Waals surface area contributed by atoms with E-state index < -0.39 is 0 Å². The second-order valence-corrected chi connectivity index (χ2v) is 7.09. The summed E-state index contributed by atoms with van der Waals surface area (Å²) in [6, 6.07) is 0. The first-order chi connectivity index (χ1) is 10.3. The van der Waals surface area contributed by atoms with Crippen LogP contribution in [0.4, 0.5) is 0 Å². The van der Waals surface area contributed by atoms with Crippen molar-refractivity contribution in [2.45, 2.75) is 63.9 Å². The van der Waals surface area contributed by atoms with Crippen LogP contribution in [0.25, 0.3) is 0 Å². The Hall–Kier alpha value is -0.680. The lowest BCUT2D eigenvalue weighted by molar-refractivity contribution is 0.114. The van der Waals surface area contributed by atoms with Gasteiger partial charge >= 0.3 is 0 Å². The molecule has 3 fully saturated rings. The van der Waals surface area contributed by atoms with E-state index >= 15 is 0 Å². The number of thiocarbonyl (C=S) groups is 1. The normalized spacial score (nSPS) is 34.5. The molecule has 0 aromatic carbocycles. The van der Waals surface area contributed by atoms with Crippen molar-refractivity contribution in [1.29, 1.82) is 0 Å². The number of hydrazone groups is 1. The maximum Gasteiger partial charge on any atom is 0.187 e. The molecule has 0 radical (unpaired) electrons. The Morgan fingerprint density at radius 1 is 1.14 bits per heavy atom. The van der Waals surface area contributed by atoms with Gasteiger partial charge in [0.05, 0.1) is 6.10 Å². The van der Waals surface area contributed by atoms with Crippen LogP contribution in [0.3, 0.4) is 0 Å². The molecule has 1 saturated heterocycles. The molecule has 0 amide bonds. The second-order valence-electron chi connectivity index (χ2n) is 6.68. The van der Waals surface area contributed by atoms with Gasteiger partial charge in [-0.1, -0.05) is 19.3 Å². The Balaban J connectivity index is 1.39. The maximum atomic E-state index is 5.57. The summed E-state index contributed by atoms with van der Waals surface area (Å²) in [5.74, 6) is 1.84. The van der Waals surface area contributed by atoms with Gasteiger partial charge in [-0.15, -0.1) is 0 Å². The zero-order valence-electron chi connectivity index (χ0n) is 12.8. The lowest BCUT2D eigenvalue weighted by Crippen LogP contribution is -2.38. The highest BCUT2D eigenvalue weighted by Crippen LogP contribution is 2.39. The number of hydrogen-bond acceptors (Lipinski definition) is 3. The minimum absolute atomic E-state index is 0.315. The number of hydrogen-bond donors (Lipinski definition) is 2. The minimum atomic E-state index is 0.315. The van der Waals surface area contributed by atoms with E-state index in [1.54, 1.807) is 0 Å². The molecular formula is C16H27N3OS. The topological polar surface area (TPSA) is 45.6 Å². The highest BCUT2D eigenvalue weighted by molar-refractivity contribution is 7.80. The van der Waals surface area contributed by atoms with Crippen molar-refractivity contribution in [3.05, 3.63) is 0 Å². The first kappa shape index (κ1) is 15.2. The number of nitrogens with one attached hydrogen (secondary N) is 2. The van der Waals surface area contributed by atoms with E-state index in [1.807, 2.05) is 0 Å². The summed E-state index contributed by atoms with van der Waals surface area (Å²) in [5.41, 5.74) is 4.33. The quantitative estimate of drug-likeness (QED) is 0.621. The third-order valence-electron chi connectivity index (χ3n) is 5.20. The van der Waals surface area contributed by atoms with E-state index in [0.29, 0.717) is 11.2 Å². The van der Waals surface area contributed by atoms with Crippen LogP contribution in [0.5, 0.6) is 0 Å². The van der Waals surface area contributed by atoms with Crippen LogP contribution in [0.1, 0.15) is 57.8 Å². The standard InChI is InChI=1S/C16H27N3OS/c21-16(17-11-15-6-3-9-20-15)19-18-14-8-7-12-4-1-2-5-13(12)10-14/h12-13,15H,1-11H2,(H2,17,19,21)/b18-14+/t12-,13-,15+/m0/s1. The zero-order valence-corrected chi connectivity index (χ0v) is 13.6. The first-order valence-electron chi connectivity index (χ1n) is 8.52. The average molecular weight is 309 g/mol. The van der Waals surface area contributed by atoms with E-state index in [9.17, 15) is 0 Å². The van der Waals surface area contributed by atoms with Crippen LogP contribution >= 0.6 is 12.2 Å². The van der Waals surface area contributed by atoms with Gasteiger partial charge in [-0.25, -0.2) is 0 Å². The largest absolute Gasteiger partial charge is 0.376 e. The van der Waals surface area contributed by atoms with Crippen molar-refractivity contribution in [1.82, 2.24) is 10.7 Å². The highest BCUT2D eigenvalue weighted by atomic mass is 32.1. The summed E-state index contributed by atoms with van der Waals surface area (Å²) in [4.78, 5) is 0. The summed E-state index contributed by atoms with van der Waals surface area (Å²) < 4.78 is 5.57. The fourth-order valence-electron chi connectivity index (χ4n) is 3.97. The third kappa shape index (κ3) is 4.39. The van der Waals surface area contributed by atoms with Crippen LogP contribution in [0.15, 0.2) is 5.10 Å². The Morgan fingerprint density at radius 2 is 2.00 bits per heavy atom. The molecule has 2 N–H and O–H groups in total. The Labute approximate surface area is 133 Å². The van der Waals surface area contributed by atoms with E-state index in [-0.39, 0.29) is 0 Å². The number of ether oxygens (including phenoxy) is 1. The number of nitrogens with zero attached hydrogens (tertiary/aromatic N) is 1. The molecule has 0 aromatic rings. The molecule has 21 heavy (non-hydrogen) atoms. The van der Waals surface area contributed by atoms with Crippen molar-refractivity contribution >= 4 is 23.0 Å². The van der Waals surface area contributed by atoms with Crippen molar-refractivity contribution < 1.29 is 4.74 Å². The van der Waals surface area contributed by atoms with E-state index in [1.165, 1.54) is 44.2 Å². The number of rotatable bonds is 3. The van der Waals surface area contributed by atoms with Gasteiger partial charge < -0.3 is 10.1 Å². The molecular weight excluding hydrogens is 282 g/mol. The van der Waals surface area contributed by atoms with Crippen LogP contribution in [-0.2, 0) is 4.74 Å². The van der Waals surface area contributed by atoms with Crippen molar-refractivity contribution in [2.24, 2.45) is 16.9 Å². The van der Waals surface area contributed by atoms with Gasteiger partial charge in [0.2, 0.25) is 0 Å². The fourth-order valence-corrected chi connectivity index (χ4v) is 4.10. The lowest BCUT2D eigenvalue weighted by Gasteiger charge is -2.35. The molecule has 118 valence electrons. The van der Waals surface area contributed by atoms with Crippen LogP contribution in [0, 0.1) is 11.8 Å². The summed E-state index contributed by atoms with van der Waals surface area (Å²) >= 11 is 5.29. The molecule has 3 rings (SSSR count). The summed E-state index contributed by atoms with van der Waals surface area (Å²) in [6.07, 6.45) is 11.9. The van der Waals surface area contributed by atoms with Crippen LogP contribution in [-0.4, -0.2) is 30.1 Å². The predicted octanol–water partition coefficient (Wildman–Crippen LogP) is 2.98. The SMILES string of the molecule is S=C(NC[C@H]1CCCO1)N/N=C1\CC[C@@H]2CCCC[C@H]2C1. The van der Waals surface area contributed by atoms with Gasteiger partial charge in [-0.3, -0.25) is 5.43 Å². The van der Waals surface area contributed by atoms with Crippen molar-refractivity contribution in [3.8, 4) is 0 Å². The highest BCUT2D eigenvalue weighted by Gasteiger charge is 2.30. The van der Waals surface area contributed by atoms with Gasteiger partial charge in [-0.2, -0.15) is 5.10 Å². The molecule has 0 aromatic heterocycles. The second kappa shape index (κ2) is 7.54. The van der Waals surface area contributed by atoms with E-state index in [4.69, 9.17) is 17.0 Å². The molecule has 2 saturated carbocycles. The van der Waals surface area contributed by atoms with Crippen LogP contribution < -0.4 is 10.7 Å². The smallest absolute Gasteiger partial charge is 0.187 e. The predicted molar refractivity (Wildman–Crippen MR) is 89.4 cm³/mol. The Bertz CT molecular complexity index is 393. The Morgan fingerprint density at radius 3 is 2.81 bits per heavy atom. The summed E-state index contributed by atoms with van der Waals surface area (Å²) in [5, 5.41) is 8.38. The Kier molecular flexibility index (Phi) is 5.47. The maximum absolute atomic E-state index is 5.57. The third-order valence-corrected chi connectivity index (χ3v) is 5.43. The summed E-state index contributed by atoms with van der Waals surface area (Å²) in [6.45, 7) is 1.68. The lowest BCUT2D eigenvalue weighted by atomic mass is 9.70. The van der Waals surface area contributed by atoms with Gasteiger partial charge in [0, 0.05) is 18.9 Å². The summed E-state index contributed by atoms with van der Waals surface area (Å²) in [7, 11) is 0. The molecule has 1 aliphatic heterocycles. The molecule has 5 heteroatoms. The van der Waals surface area contributed by atoms with Gasteiger partial charge in [0.25, 0.3) is 0 Å². The molecule has 4 nitrogen and oxygen atoms in total. The minimum Gasteiger partial charge on any atom is -0.376 e. The van der Waals surface area contributed by atoms with Crippen molar-refractivity contribution in [3.63, 3.8) is 0 Å². The number of fused-ring (bicyclic) bond motifs is 1. The van der Waals surface area contributed by atoms with Gasteiger partial charge in [0.1, 0.15) is 0 Å².